The standard InChI is InChI=1S/C10H20O3/c1-3-12-10(13-4-2)8-6-5-7-9(10)11/h9,11H,3-8H2,1-2H3. The van der Waals surface area contributed by atoms with E-state index >= 15 is 0 Å². The molecule has 3 nitrogen and oxygen atoms in total. The molecular formula is C10H20O3. The van der Waals surface area contributed by atoms with Crippen molar-refractivity contribution in [3.63, 3.8) is 0 Å². The topological polar surface area (TPSA) is 38.7 Å². The largest absolute Gasteiger partial charge is 0.388 e. The summed E-state index contributed by atoms with van der Waals surface area (Å²) in [7, 11) is 0. The average Bonchev–Trinajstić information content (AvgIpc) is 2.11. The highest BCUT2D eigenvalue weighted by Crippen LogP contribution is 2.32. The summed E-state index contributed by atoms with van der Waals surface area (Å²) in [6.45, 7) is 5.05. The Morgan fingerprint density at radius 3 is 2.31 bits per heavy atom. The maximum absolute atomic E-state index is 9.83. The zero-order valence-electron chi connectivity index (χ0n) is 8.58. The number of ether oxygens (including phenoxy) is 2. The van der Waals surface area contributed by atoms with Gasteiger partial charge in [0.2, 0.25) is 0 Å². The lowest BCUT2D eigenvalue weighted by Gasteiger charge is -2.40. The highest BCUT2D eigenvalue weighted by atomic mass is 16.7. The van der Waals surface area contributed by atoms with Gasteiger partial charge >= 0.3 is 0 Å². The molecular weight excluding hydrogens is 168 g/mol. The molecule has 0 spiro atoms. The molecule has 1 unspecified atom stereocenters. The van der Waals surface area contributed by atoms with Crippen molar-refractivity contribution in [1.29, 1.82) is 0 Å². The Kier molecular flexibility index (Phi) is 4.16. The van der Waals surface area contributed by atoms with Crippen molar-refractivity contribution in [3.05, 3.63) is 0 Å². The molecule has 1 saturated carbocycles. The zero-order valence-corrected chi connectivity index (χ0v) is 8.58. The lowest BCUT2D eigenvalue weighted by molar-refractivity contribution is -0.292. The summed E-state index contributed by atoms with van der Waals surface area (Å²) in [5.41, 5.74) is 0. The normalized spacial score (nSPS) is 27.5. The first-order valence-electron chi connectivity index (χ1n) is 5.21. The highest BCUT2D eigenvalue weighted by Gasteiger charge is 2.41. The Hall–Kier alpha value is -0.120. The van der Waals surface area contributed by atoms with Crippen molar-refractivity contribution in [2.24, 2.45) is 0 Å². The molecule has 0 bridgehead atoms. The zero-order chi connectivity index (χ0) is 9.73. The number of rotatable bonds is 4. The Morgan fingerprint density at radius 2 is 1.85 bits per heavy atom. The van der Waals surface area contributed by atoms with E-state index in [0.29, 0.717) is 13.2 Å². The summed E-state index contributed by atoms with van der Waals surface area (Å²) in [5.74, 6) is -0.707. The third kappa shape index (κ3) is 2.42. The van der Waals surface area contributed by atoms with Crippen LogP contribution in [0.5, 0.6) is 0 Å². The summed E-state index contributed by atoms with van der Waals surface area (Å²) >= 11 is 0. The van der Waals surface area contributed by atoms with Crippen molar-refractivity contribution < 1.29 is 14.6 Å². The van der Waals surface area contributed by atoms with Crippen LogP contribution in [0.25, 0.3) is 0 Å². The van der Waals surface area contributed by atoms with E-state index in [2.05, 4.69) is 0 Å². The second-order valence-corrected chi connectivity index (χ2v) is 3.44. The third-order valence-corrected chi connectivity index (χ3v) is 2.54. The molecule has 0 aromatic heterocycles. The predicted molar refractivity (Wildman–Crippen MR) is 50.5 cm³/mol. The van der Waals surface area contributed by atoms with Gasteiger partial charge in [-0.2, -0.15) is 0 Å². The Balaban J connectivity index is 2.61. The monoisotopic (exact) mass is 188 g/mol. The molecule has 78 valence electrons. The van der Waals surface area contributed by atoms with Crippen molar-refractivity contribution in [2.45, 2.75) is 51.4 Å². The van der Waals surface area contributed by atoms with E-state index in [4.69, 9.17) is 9.47 Å². The van der Waals surface area contributed by atoms with E-state index in [1.165, 1.54) is 0 Å². The summed E-state index contributed by atoms with van der Waals surface area (Å²) in [5, 5.41) is 9.83. The van der Waals surface area contributed by atoms with Gasteiger partial charge in [-0.3, -0.25) is 0 Å². The molecule has 1 aliphatic rings. The first-order chi connectivity index (χ1) is 6.25. The minimum Gasteiger partial charge on any atom is -0.388 e. The van der Waals surface area contributed by atoms with Gasteiger partial charge in [0.15, 0.2) is 5.79 Å². The quantitative estimate of drug-likeness (QED) is 0.682. The molecule has 0 aliphatic heterocycles. The molecule has 0 radical (unpaired) electrons. The van der Waals surface area contributed by atoms with Gasteiger partial charge in [-0.25, -0.2) is 0 Å². The molecule has 13 heavy (non-hydrogen) atoms. The first kappa shape index (κ1) is 11.0. The predicted octanol–water partition coefficient (Wildman–Crippen LogP) is 1.69. The minimum atomic E-state index is -0.707. The SMILES string of the molecule is CCOC1(OCC)CCCCC1O. The van der Waals surface area contributed by atoms with E-state index in [9.17, 15) is 5.11 Å². The maximum Gasteiger partial charge on any atom is 0.194 e. The van der Waals surface area contributed by atoms with Gasteiger partial charge < -0.3 is 14.6 Å². The van der Waals surface area contributed by atoms with Crippen molar-refractivity contribution in [2.75, 3.05) is 13.2 Å². The number of hydrogen-bond acceptors (Lipinski definition) is 3. The van der Waals surface area contributed by atoms with Gasteiger partial charge in [0.05, 0.1) is 0 Å². The van der Waals surface area contributed by atoms with Gasteiger partial charge in [0.1, 0.15) is 6.10 Å². The fraction of sp³-hybridized carbons (Fsp3) is 1.00. The second kappa shape index (κ2) is 4.94. The molecule has 1 aliphatic carbocycles. The van der Waals surface area contributed by atoms with E-state index in [1.54, 1.807) is 0 Å². The van der Waals surface area contributed by atoms with Crippen LogP contribution < -0.4 is 0 Å². The van der Waals surface area contributed by atoms with Crippen LogP contribution in [-0.4, -0.2) is 30.2 Å². The second-order valence-electron chi connectivity index (χ2n) is 3.44. The smallest absolute Gasteiger partial charge is 0.194 e. The maximum atomic E-state index is 9.83. The molecule has 1 rings (SSSR count). The van der Waals surface area contributed by atoms with Crippen molar-refractivity contribution >= 4 is 0 Å². The molecule has 1 N–H and O–H groups in total. The number of hydrogen-bond donors (Lipinski definition) is 1. The number of aliphatic hydroxyl groups is 1. The Bertz CT molecular complexity index is 136. The third-order valence-electron chi connectivity index (χ3n) is 2.54. The van der Waals surface area contributed by atoms with E-state index in [1.807, 2.05) is 13.8 Å². The van der Waals surface area contributed by atoms with Crippen LogP contribution in [0.2, 0.25) is 0 Å². The van der Waals surface area contributed by atoms with Gasteiger partial charge in [0, 0.05) is 19.6 Å². The molecule has 3 heteroatoms. The lowest BCUT2D eigenvalue weighted by Crippen LogP contribution is -2.49. The molecule has 1 fully saturated rings. The van der Waals surface area contributed by atoms with Gasteiger partial charge in [-0.1, -0.05) is 6.42 Å². The van der Waals surface area contributed by atoms with Crippen LogP contribution >= 0.6 is 0 Å². The van der Waals surface area contributed by atoms with Gasteiger partial charge in [-0.05, 0) is 26.7 Å². The van der Waals surface area contributed by atoms with Crippen LogP contribution in [0.1, 0.15) is 39.5 Å². The van der Waals surface area contributed by atoms with Crippen LogP contribution in [0.3, 0.4) is 0 Å². The van der Waals surface area contributed by atoms with Gasteiger partial charge in [-0.15, -0.1) is 0 Å². The van der Waals surface area contributed by atoms with E-state index < -0.39 is 11.9 Å². The average molecular weight is 188 g/mol. The van der Waals surface area contributed by atoms with E-state index in [0.717, 1.165) is 25.7 Å². The minimum absolute atomic E-state index is 0.457. The van der Waals surface area contributed by atoms with Crippen molar-refractivity contribution in [3.8, 4) is 0 Å². The lowest BCUT2D eigenvalue weighted by atomic mass is 9.91. The molecule has 0 saturated heterocycles. The van der Waals surface area contributed by atoms with Crippen molar-refractivity contribution in [1.82, 2.24) is 0 Å². The van der Waals surface area contributed by atoms with Crippen LogP contribution in [-0.2, 0) is 9.47 Å². The van der Waals surface area contributed by atoms with Gasteiger partial charge in [0.25, 0.3) is 0 Å². The summed E-state index contributed by atoms with van der Waals surface area (Å²) < 4.78 is 11.1. The molecule has 1 atom stereocenters. The molecule has 0 aromatic rings. The van der Waals surface area contributed by atoms with Crippen LogP contribution in [0.15, 0.2) is 0 Å². The number of aliphatic hydroxyl groups excluding tert-OH is 1. The van der Waals surface area contributed by atoms with Crippen LogP contribution in [0, 0.1) is 0 Å². The summed E-state index contributed by atoms with van der Waals surface area (Å²) in [4.78, 5) is 0. The summed E-state index contributed by atoms with van der Waals surface area (Å²) in [6, 6.07) is 0. The molecule has 0 aromatic carbocycles. The molecule has 0 amide bonds. The van der Waals surface area contributed by atoms with E-state index in [-0.39, 0.29) is 0 Å². The fourth-order valence-corrected chi connectivity index (χ4v) is 1.96. The summed E-state index contributed by atoms with van der Waals surface area (Å²) in [6.07, 6.45) is 3.30. The highest BCUT2D eigenvalue weighted by molar-refractivity contribution is 4.83. The van der Waals surface area contributed by atoms with Crippen LogP contribution in [0.4, 0.5) is 0 Å². The Labute approximate surface area is 80.0 Å². The Morgan fingerprint density at radius 1 is 1.23 bits per heavy atom. The first-order valence-corrected chi connectivity index (χ1v) is 5.21. The molecule has 0 heterocycles. The fourth-order valence-electron chi connectivity index (χ4n) is 1.96.